The summed E-state index contributed by atoms with van der Waals surface area (Å²) >= 11 is 0. The van der Waals surface area contributed by atoms with Crippen molar-refractivity contribution in [3.63, 3.8) is 0 Å². The van der Waals surface area contributed by atoms with Crippen LogP contribution in [0.15, 0.2) is 18.6 Å². The molecule has 1 fully saturated rings. The van der Waals surface area contributed by atoms with Gasteiger partial charge in [0.2, 0.25) is 0 Å². The number of hydrogen-bond donors (Lipinski definition) is 1. The smallest absolute Gasteiger partial charge is 0.144 e. The van der Waals surface area contributed by atoms with Gasteiger partial charge in [0.05, 0.1) is 6.20 Å². The molecular formula is C12H19N3. The number of hydrogen-bond acceptors (Lipinski definition) is 3. The van der Waals surface area contributed by atoms with E-state index >= 15 is 0 Å². The van der Waals surface area contributed by atoms with Crippen LogP contribution in [-0.2, 0) is 0 Å². The third-order valence-corrected chi connectivity index (χ3v) is 3.51. The van der Waals surface area contributed by atoms with E-state index < -0.39 is 0 Å². The van der Waals surface area contributed by atoms with Gasteiger partial charge < -0.3 is 5.32 Å². The third-order valence-electron chi connectivity index (χ3n) is 3.51. The summed E-state index contributed by atoms with van der Waals surface area (Å²) < 4.78 is 0. The van der Waals surface area contributed by atoms with Crippen molar-refractivity contribution >= 4 is 5.82 Å². The Bertz CT molecular complexity index is 299. The summed E-state index contributed by atoms with van der Waals surface area (Å²) in [6.07, 6.45) is 9.05. The topological polar surface area (TPSA) is 37.8 Å². The second-order valence-electron chi connectivity index (χ2n) is 4.70. The van der Waals surface area contributed by atoms with Crippen LogP contribution in [0.1, 0.15) is 33.1 Å². The molecule has 3 unspecified atom stereocenters. The Balaban J connectivity index is 1.91. The highest BCUT2D eigenvalue weighted by Crippen LogP contribution is 2.30. The highest BCUT2D eigenvalue weighted by molar-refractivity contribution is 5.31. The van der Waals surface area contributed by atoms with E-state index in [2.05, 4.69) is 29.1 Å². The summed E-state index contributed by atoms with van der Waals surface area (Å²) in [5, 5.41) is 3.46. The predicted octanol–water partition coefficient (Wildman–Crippen LogP) is 2.71. The highest BCUT2D eigenvalue weighted by Gasteiger charge is 2.24. The largest absolute Gasteiger partial charge is 0.366 e. The van der Waals surface area contributed by atoms with Crippen LogP contribution in [0.4, 0.5) is 5.82 Å². The van der Waals surface area contributed by atoms with Gasteiger partial charge in [0, 0.05) is 18.4 Å². The first kappa shape index (κ1) is 10.4. The van der Waals surface area contributed by atoms with E-state index in [1.807, 2.05) is 0 Å². The van der Waals surface area contributed by atoms with Crippen molar-refractivity contribution in [3.8, 4) is 0 Å². The number of nitrogens with one attached hydrogen (secondary N) is 1. The molecule has 0 aromatic carbocycles. The Labute approximate surface area is 91.3 Å². The van der Waals surface area contributed by atoms with Gasteiger partial charge in [-0.05, 0) is 31.1 Å². The number of anilines is 1. The molecule has 0 amide bonds. The van der Waals surface area contributed by atoms with Gasteiger partial charge in [-0.1, -0.05) is 13.8 Å². The lowest BCUT2D eigenvalue weighted by atomic mass is 9.79. The van der Waals surface area contributed by atoms with E-state index in [-0.39, 0.29) is 0 Å². The van der Waals surface area contributed by atoms with Gasteiger partial charge in [-0.2, -0.15) is 0 Å². The lowest BCUT2D eigenvalue weighted by molar-refractivity contribution is 0.260. The van der Waals surface area contributed by atoms with Crippen LogP contribution in [-0.4, -0.2) is 16.0 Å². The molecule has 15 heavy (non-hydrogen) atoms. The monoisotopic (exact) mass is 205 g/mol. The van der Waals surface area contributed by atoms with Crippen molar-refractivity contribution in [2.24, 2.45) is 11.8 Å². The Kier molecular flexibility index (Phi) is 3.19. The Morgan fingerprint density at radius 1 is 1.20 bits per heavy atom. The van der Waals surface area contributed by atoms with Gasteiger partial charge in [0.1, 0.15) is 5.82 Å². The summed E-state index contributed by atoms with van der Waals surface area (Å²) in [4.78, 5) is 8.30. The molecule has 1 N–H and O–H groups in total. The molecule has 0 radical (unpaired) electrons. The molecule has 3 nitrogen and oxygen atoms in total. The molecule has 0 aliphatic heterocycles. The third kappa shape index (κ3) is 2.67. The average molecular weight is 205 g/mol. The molecular weight excluding hydrogens is 186 g/mol. The molecule has 1 aliphatic rings. The molecule has 1 aliphatic carbocycles. The second kappa shape index (κ2) is 4.60. The van der Waals surface area contributed by atoms with E-state index in [1.165, 1.54) is 19.3 Å². The standard InChI is InChI=1S/C12H19N3/c1-9-3-4-11(7-10(9)2)15-12-8-13-5-6-14-12/h5-6,8-11H,3-4,7H2,1-2H3,(H,14,15). The minimum Gasteiger partial charge on any atom is -0.366 e. The first-order chi connectivity index (χ1) is 7.25. The summed E-state index contributed by atoms with van der Waals surface area (Å²) in [7, 11) is 0. The van der Waals surface area contributed by atoms with E-state index in [4.69, 9.17) is 0 Å². The number of nitrogens with zero attached hydrogens (tertiary/aromatic N) is 2. The SMILES string of the molecule is CC1CCC(Nc2cnccn2)CC1C. The van der Waals surface area contributed by atoms with Crippen LogP contribution < -0.4 is 5.32 Å². The Morgan fingerprint density at radius 2 is 2.07 bits per heavy atom. The molecule has 2 rings (SSSR count). The zero-order valence-electron chi connectivity index (χ0n) is 9.48. The fourth-order valence-corrected chi connectivity index (χ4v) is 2.26. The van der Waals surface area contributed by atoms with Crippen LogP contribution in [0.25, 0.3) is 0 Å². The van der Waals surface area contributed by atoms with Gasteiger partial charge >= 0.3 is 0 Å². The van der Waals surface area contributed by atoms with Gasteiger partial charge in [-0.25, -0.2) is 4.98 Å². The maximum atomic E-state index is 4.24. The highest BCUT2D eigenvalue weighted by atomic mass is 15.0. The van der Waals surface area contributed by atoms with Crippen LogP contribution in [0.2, 0.25) is 0 Å². The average Bonchev–Trinajstić information content (AvgIpc) is 2.25. The maximum Gasteiger partial charge on any atom is 0.144 e. The van der Waals surface area contributed by atoms with Crippen molar-refractivity contribution in [3.05, 3.63) is 18.6 Å². The lowest BCUT2D eigenvalue weighted by Crippen LogP contribution is -2.30. The lowest BCUT2D eigenvalue weighted by Gasteiger charge is -2.32. The summed E-state index contributed by atoms with van der Waals surface area (Å²) in [5.74, 6) is 2.59. The molecule has 1 saturated carbocycles. The fourth-order valence-electron chi connectivity index (χ4n) is 2.26. The quantitative estimate of drug-likeness (QED) is 0.806. The molecule has 3 heteroatoms. The summed E-state index contributed by atoms with van der Waals surface area (Å²) in [5.41, 5.74) is 0. The maximum absolute atomic E-state index is 4.24. The van der Waals surface area contributed by atoms with Crippen molar-refractivity contribution in [2.75, 3.05) is 5.32 Å². The number of rotatable bonds is 2. The van der Waals surface area contributed by atoms with Crippen LogP contribution >= 0.6 is 0 Å². The fraction of sp³-hybridized carbons (Fsp3) is 0.667. The molecule has 82 valence electrons. The minimum absolute atomic E-state index is 0.577. The van der Waals surface area contributed by atoms with Crippen molar-refractivity contribution < 1.29 is 0 Å². The zero-order valence-corrected chi connectivity index (χ0v) is 9.48. The molecule has 0 spiro atoms. The summed E-state index contributed by atoms with van der Waals surface area (Å²) in [6.45, 7) is 4.69. The van der Waals surface area contributed by atoms with E-state index in [0.717, 1.165) is 17.7 Å². The molecule has 0 bridgehead atoms. The van der Waals surface area contributed by atoms with Gasteiger partial charge in [0.25, 0.3) is 0 Å². The van der Waals surface area contributed by atoms with E-state index in [0.29, 0.717) is 6.04 Å². The van der Waals surface area contributed by atoms with Crippen molar-refractivity contribution in [1.82, 2.24) is 9.97 Å². The molecule has 0 saturated heterocycles. The van der Waals surface area contributed by atoms with Crippen LogP contribution in [0.5, 0.6) is 0 Å². The molecule has 1 heterocycles. The first-order valence-corrected chi connectivity index (χ1v) is 5.78. The summed E-state index contributed by atoms with van der Waals surface area (Å²) in [6, 6.07) is 0.577. The van der Waals surface area contributed by atoms with Crippen molar-refractivity contribution in [1.29, 1.82) is 0 Å². The number of aromatic nitrogens is 2. The van der Waals surface area contributed by atoms with Crippen molar-refractivity contribution in [2.45, 2.75) is 39.2 Å². The van der Waals surface area contributed by atoms with Gasteiger partial charge in [0.15, 0.2) is 0 Å². The zero-order chi connectivity index (χ0) is 10.7. The molecule has 1 aromatic heterocycles. The Morgan fingerprint density at radius 3 is 2.73 bits per heavy atom. The van der Waals surface area contributed by atoms with E-state index in [1.54, 1.807) is 18.6 Å². The molecule has 3 atom stereocenters. The normalized spacial score (nSPS) is 31.2. The van der Waals surface area contributed by atoms with Gasteiger partial charge in [-0.15, -0.1) is 0 Å². The predicted molar refractivity (Wildman–Crippen MR) is 61.6 cm³/mol. The van der Waals surface area contributed by atoms with Crippen LogP contribution in [0.3, 0.4) is 0 Å². The van der Waals surface area contributed by atoms with Gasteiger partial charge in [-0.3, -0.25) is 4.98 Å². The minimum atomic E-state index is 0.577. The van der Waals surface area contributed by atoms with E-state index in [9.17, 15) is 0 Å². The first-order valence-electron chi connectivity index (χ1n) is 5.78. The van der Waals surface area contributed by atoms with Crippen LogP contribution in [0, 0.1) is 11.8 Å². The second-order valence-corrected chi connectivity index (χ2v) is 4.70. The molecule has 1 aromatic rings. The Hall–Kier alpha value is -1.12.